The Labute approximate surface area is 281 Å². The first-order valence-electron chi connectivity index (χ1n) is 14.5. The maximum atomic E-state index is 14.1. The summed E-state index contributed by atoms with van der Waals surface area (Å²) in [5, 5.41) is 12.1. The molecule has 5 aromatic rings. The number of ether oxygens (including phenoxy) is 2. The van der Waals surface area contributed by atoms with E-state index in [9.17, 15) is 14.4 Å². The molecule has 0 bridgehead atoms. The molecule has 1 aliphatic rings. The highest BCUT2D eigenvalue weighted by Crippen LogP contribution is 2.32. The number of carboxylic acids is 1. The molecule has 9 nitrogen and oxygen atoms in total. The molecule has 0 aliphatic carbocycles. The number of allylic oxidation sites excluding steroid dienone is 1. The van der Waals surface area contributed by atoms with Crippen LogP contribution in [0.4, 0.5) is 5.69 Å². The second-order valence-corrected chi connectivity index (χ2v) is 12.5. The van der Waals surface area contributed by atoms with Crippen molar-refractivity contribution in [3.8, 4) is 11.5 Å². The number of amides is 1. The largest absolute Gasteiger partial charge is 0.497 e. The average molecular weight is 711 g/mol. The van der Waals surface area contributed by atoms with Gasteiger partial charge in [-0.1, -0.05) is 59.9 Å². The van der Waals surface area contributed by atoms with Gasteiger partial charge in [-0.05, 0) is 94.2 Å². The van der Waals surface area contributed by atoms with Gasteiger partial charge in [-0.25, -0.2) is 9.79 Å². The van der Waals surface area contributed by atoms with E-state index in [4.69, 9.17) is 19.6 Å². The first-order chi connectivity index (χ1) is 22.7. The van der Waals surface area contributed by atoms with Crippen molar-refractivity contribution in [1.29, 1.82) is 0 Å². The lowest BCUT2D eigenvalue weighted by atomic mass is 9.95. The number of aromatic nitrogens is 1. The molecule has 236 valence electrons. The van der Waals surface area contributed by atoms with E-state index in [2.05, 4.69) is 21.2 Å². The number of aromatic carboxylic acids is 1. The van der Waals surface area contributed by atoms with Gasteiger partial charge in [0.2, 0.25) is 0 Å². The van der Waals surface area contributed by atoms with Crippen LogP contribution in [0, 0.1) is 0 Å². The molecule has 6 rings (SSSR count). The SMILES string of the molecule is COc1cccc([C@H]2C(C(=O)Nc3ccccc3)=C(C)N=c3s/c(=C/c4ccc(OCc5ccc(C(=O)O)cc5)c(Br)c4)c(=O)n32)c1. The number of rotatable bonds is 9. The molecule has 47 heavy (non-hydrogen) atoms. The number of para-hydroxylation sites is 1. The van der Waals surface area contributed by atoms with Gasteiger partial charge in [0.1, 0.15) is 18.1 Å². The minimum atomic E-state index is -0.983. The number of nitrogens with one attached hydrogen (secondary N) is 1. The van der Waals surface area contributed by atoms with E-state index in [1.807, 2.05) is 54.6 Å². The topological polar surface area (TPSA) is 119 Å². The summed E-state index contributed by atoms with van der Waals surface area (Å²) in [7, 11) is 1.57. The highest BCUT2D eigenvalue weighted by Gasteiger charge is 2.32. The van der Waals surface area contributed by atoms with Crippen LogP contribution in [-0.2, 0) is 11.4 Å². The fourth-order valence-electron chi connectivity index (χ4n) is 5.24. The van der Waals surface area contributed by atoms with Gasteiger partial charge in [0.25, 0.3) is 11.5 Å². The van der Waals surface area contributed by atoms with E-state index >= 15 is 0 Å². The van der Waals surface area contributed by atoms with E-state index in [-0.39, 0.29) is 23.6 Å². The van der Waals surface area contributed by atoms with Crippen molar-refractivity contribution in [2.75, 3.05) is 12.4 Å². The van der Waals surface area contributed by atoms with Crippen LogP contribution in [0.2, 0.25) is 0 Å². The number of carbonyl (C=O) groups excluding carboxylic acids is 1. The molecule has 0 radical (unpaired) electrons. The smallest absolute Gasteiger partial charge is 0.335 e. The lowest BCUT2D eigenvalue weighted by Crippen LogP contribution is -2.40. The van der Waals surface area contributed by atoms with Crippen molar-refractivity contribution < 1.29 is 24.2 Å². The fourth-order valence-corrected chi connectivity index (χ4v) is 6.80. The summed E-state index contributed by atoms with van der Waals surface area (Å²) in [6.07, 6.45) is 1.79. The molecule has 0 saturated carbocycles. The summed E-state index contributed by atoms with van der Waals surface area (Å²) in [5.41, 5.74) is 3.74. The zero-order chi connectivity index (χ0) is 33.1. The molecule has 1 atom stereocenters. The number of benzene rings is 4. The van der Waals surface area contributed by atoms with Gasteiger partial charge in [-0.3, -0.25) is 14.2 Å². The van der Waals surface area contributed by atoms with E-state index in [0.29, 0.717) is 47.8 Å². The first kappa shape index (κ1) is 31.7. The van der Waals surface area contributed by atoms with Crippen LogP contribution in [0.1, 0.15) is 40.0 Å². The number of hydrogen-bond acceptors (Lipinski definition) is 7. The predicted molar refractivity (Wildman–Crippen MR) is 184 cm³/mol. The van der Waals surface area contributed by atoms with Crippen LogP contribution in [0.3, 0.4) is 0 Å². The number of carboxylic acid groups (broad SMARTS) is 1. The zero-order valence-corrected chi connectivity index (χ0v) is 27.7. The van der Waals surface area contributed by atoms with Crippen LogP contribution >= 0.6 is 27.3 Å². The number of thiazole rings is 1. The van der Waals surface area contributed by atoms with Gasteiger partial charge in [0.15, 0.2) is 4.80 Å². The quantitative estimate of drug-likeness (QED) is 0.196. The Morgan fingerprint density at radius 1 is 1.02 bits per heavy atom. The first-order valence-corrected chi connectivity index (χ1v) is 16.1. The molecule has 0 unspecified atom stereocenters. The second-order valence-electron chi connectivity index (χ2n) is 10.7. The summed E-state index contributed by atoms with van der Waals surface area (Å²) in [4.78, 5) is 44.2. The van der Waals surface area contributed by atoms with Gasteiger partial charge in [0, 0.05) is 5.69 Å². The van der Waals surface area contributed by atoms with Crippen LogP contribution in [0.15, 0.2) is 123 Å². The average Bonchev–Trinajstić information content (AvgIpc) is 3.37. The third-order valence-electron chi connectivity index (χ3n) is 7.56. The van der Waals surface area contributed by atoms with Crippen LogP contribution in [-0.4, -0.2) is 28.7 Å². The summed E-state index contributed by atoms with van der Waals surface area (Å²) in [6, 6.07) is 27.7. The van der Waals surface area contributed by atoms with Gasteiger partial charge in [-0.2, -0.15) is 0 Å². The minimum absolute atomic E-state index is 0.209. The number of halogens is 1. The van der Waals surface area contributed by atoms with Gasteiger partial charge < -0.3 is 19.9 Å². The standard InChI is InChI=1S/C36H28BrN3O6S/c1-21-31(33(41)39-26-8-4-3-5-9-26)32(25-7-6-10-27(19-25)45-2)40-34(42)30(47-36(40)38-21)18-23-13-16-29(28(37)17-23)46-20-22-11-14-24(15-12-22)35(43)44/h3-19,32H,20H2,1-2H3,(H,39,41)(H,43,44)/b30-18+/t32-/m0/s1. The molecule has 1 amide bonds. The molecule has 11 heteroatoms. The second kappa shape index (κ2) is 13.6. The lowest BCUT2D eigenvalue weighted by molar-refractivity contribution is -0.113. The lowest BCUT2D eigenvalue weighted by Gasteiger charge is -2.25. The number of hydrogen-bond donors (Lipinski definition) is 2. The van der Waals surface area contributed by atoms with Crippen molar-refractivity contribution in [3.63, 3.8) is 0 Å². The molecule has 4 aromatic carbocycles. The third-order valence-corrected chi connectivity index (χ3v) is 9.16. The van der Waals surface area contributed by atoms with Crippen molar-refractivity contribution in [1.82, 2.24) is 4.57 Å². The number of anilines is 1. The monoisotopic (exact) mass is 709 g/mol. The van der Waals surface area contributed by atoms with E-state index in [0.717, 1.165) is 11.1 Å². The maximum absolute atomic E-state index is 14.1. The van der Waals surface area contributed by atoms with Crippen molar-refractivity contribution in [2.24, 2.45) is 4.99 Å². The fraction of sp³-hybridized carbons (Fsp3) is 0.111. The van der Waals surface area contributed by atoms with E-state index in [1.165, 1.54) is 23.5 Å². The summed E-state index contributed by atoms with van der Waals surface area (Å²) < 4.78 is 14.1. The Balaban J connectivity index is 1.34. The number of fused-ring (bicyclic) bond motifs is 1. The van der Waals surface area contributed by atoms with Crippen LogP contribution in [0.5, 0.6) is 11.5 Å². The normalized spacial score (nSPS) is 14.3. The van der Waals surface area contributed by atoms with E-state index < -0.39 is 12.0 Å². The Bertz CT molecular complexity index is 2210. The summed E-state index contributed by atoms with van der Waals surface area (Å²) >= 11 is 4.82. The highest BCUT2D eigenvalue weighted by atomic mass is 79.9. The van der Waals surface area contributed by atoms with Crippen LogP contribution in [0.25, 0.3) is 6.08 Å². The molecule has 0 spiro atoms. The third kappa shape index (κ3) is 6.81. The van der Waals surface area contributed by atoms with Crippen molar-refractivity contribution in [3.05, 3.63) is 155 Å². The van der Waals surface area contributed by atoms with Gasteiger partial charge in [0.05, 0.1) is 39.0 Å². The summed E-state index contributed by atoms with van der Waals surface area (Å²) in [5.74, 6) is -0.139. The Hall–Kier alpha value is -5.26. The van der Waals surface area contributed by atoms with Gasteiger partial charge in [-0.15, -0.1) is 0 Å². The van der Waals surface area contributed by atoms with E-state index in [1.54, 1.807) is 55.0 Å². The predicted octanol–water partition coefficient (Wildman–Crippen LogP) is 5.92. The molecule has 1 aromatic heterocycles. The molecule has 0 saturated heterocycles. The molecule has 0 fully saturated rings. The number of carbonyl (C=O) groups is 2. The Morgan fingerprint density at radius 2 is 1.79 bits per heavy atom. The van der Waals surface area contributed by atoms with Crippen molar-refractivity contribution >= 4 is 50.9 Å². The molecule has 1 aliphatic heterocycles. The molecular formula is C36H28BrN3O6S. The maximum Gasteiger partial charge on any atom is 0.335 e. The van der Waals surface area contributed by atoms with Crippen molar-refractivity contribution in [2.45, 2.75) is 19.6 Å². The Kier molecular flexibility index (Phi) is 9.19. The number of methoxy groups -OCH3 is 1. The Morgan fingerprint density at radius 3 is 2.49 bits per heavy atom. The highest BCUT2D eigenvalue weighted by molar-refractivity contribution is 9.10. The molecule has 2 N–H and O–H groups in total. The molecule has 2 heterocycles. The summed E-state index contributed by atoms with van der Waals surface area (Å²) in [6.45, 7) is 2.03. The van der Waals surface area contributed by atoms with Crippen LogP contribution < -0.4 is 29.7 Å². The zero-order valence-electron chi connectivity index (χ0n) is 25.3. The van der Waals surface area contributed by atoms with Gasteiger partial charge >= 0.3 is 5.97 Å². The minimum Gasteiger partial charge on any atom is -0.497 e. The molecular weight excluding hydrogens is 682 g/mol. The number of nitrogens with zero attached hydrogens (tertiary/aromatic N) is 2.